The van der Waals surface area contributed by atoms with Crippen molar-refractivity contribution >= 4 is 0 Å². The Kier molecular flexibility index (Phi) is 3.48. The largest absolute Gasteiger partial charge is 0.493 e. The second-order valence-corrected chi connectivity index (χ2v) is 5.16. The maximum absolute atomic E-state index is 13.9. The van der Waals surface area contributed by atoms with Crippen LogP contribution in [0.25, 0.3) is 0 Å². The first-order chi connectivity index (χ1) is 8.43. The third-order valence-corrected chi connectivity index (χ3v) is 3.04. The van der Waals surface area contributed by atoms with E-state index < -0.39 is 5.60 Å². The first-order valence-electron chi connectivity index (χ1n) is 6.19. The summed E-state index contributed by atoms with van der Waals surface area (Å²) in [4.78, 5) is 0. The predicted molar refractivity (Wildman–Crippen MR) is 66.6 cm³/mol. The number of methoxy groups -OCH3 is 1. The van der Waals surface area contributed by atoms with E-state index in [0.29, 0.717) is 23.5 Å². The molecule has 0 spiro atoms. The zero-order valence-corrected chi connectivity index (χ0v) is 11.0. The summed E-state index contributed by atoms with van der Waals surface area (Å²) in [5, 5.41) is 9.87. The summed E-state index contributed by atoms with van der Waals surface area (Å²) >= 11 is 0. The van der Waals surface area contributed by atoms with Gasteiger partial charge in [-0.25, -0.2) is 4.39 Å². The molecule has 0 heterocycles. The first kappa shape index (κ1) is 13.1. The SMILES string of the molecule is COc1cc(F)c(CC2(O)CC2)cc1OC(C)C. The molecule has 3 nitrogen and oxygen atoms in total. The minimum Gasteiger partial charge on any atom is -0.493 e. The van der Waals surface area contributed by atoms with Gasteiger partial charge in [0.05, 0.1) is 18.8 Å². The molecule has 1 fully saturated rings. The summed E-state index contributed by atoms with van der Waals surface area (Å²) in [6.45, 7) is 3.80. The molecule has 2 rings (SSSR count). The lowest BCUT2D eigenvalue weighted by Crippen LogP contribution is -2.13. The van der Waals surface area contributed by atoms with Gasteiger partial charge in [0.25, 0.3) is 0 Å². The van der Waals surface area contributed by atoms with E-state index in [1.165, 1.54) is 13.2 Å². The van der Waals surface area contributed by atoms with Gasteiger partial charge in [0.15, 0.2) is 11.5 Å². The van der Waals surface area contributed by atoms with Crippen LogP contribution in [-0.2, 0) is 6.42 Å². The molecular weight excluding hydrogens is 235 g/mol. The molecule has 1 aliphatic carbocycles. The van der Waals surface area contributed by atoms with Crippen LogP contribution in [0.2, 0.25) is 0 Å². The molecule has 1 aliphatic rings. The zero-order chi connectivity index (χ0) is 13.3. The van der Waals surface area contributed by atoms with Gasteiger partial charge in [-0.15, -0.1) is 0 Å². The Bertz CT molecular complexity index is 439. The van der Waals surface area contributed by atoms with Gasteiger partial charge < -0.3 is 14.6 Å². The Balaban J connectivity index is 2.29. The molecule has 0 unspecified atom stereocenters. The van der Waals surface area contributed by atoms with Crippen molar-refractivity contribution in [2.75, 3.05) is 7.11 Å². The van der Waals surface area contributed by atoms with E-state index in [1.54, 1.807) is 6.07 Å². The summed E-state index contributed by atoms with van der Waals surface area (Å²) in [5.41, 5.74) is -0.240. The Labute approximate surface area is 107 Å². The van der Waals surface area contributed by atoms with Gasteiger partial charge in [0.2, 0.25) is 0 Å². The van der Waals surface area contributed by atoms with Crippen LogP contribution in [0.5, 0.6) is 11.5 Å². The van der Waals surface area contributed by atoms with Crippen LogP contribution >= 0.6 is 0 Å². The molecule has 1 saturated carbocycles. The Hall–Kier alpha value is -1.29. The van der Waals surface area contributed by atoms with Crippen molar-refractivity contribution in [3.8, 4) is 11.5 Å². The van der Waals surface area contributed by atoms with Crippen LogP contribution in [0, 0.1) is 5.82 Å². The molecule has 0 aliphatic heterocycles. The lowest BCUT2D eigenvalue weighted by atomic mass is 10.1. The minimum absolute atomic E-state index is 0.0128. The summed E-state index contributed by atoms with van der Waals surface area (Å²) in [7, 11) is 1.48. The highest BCUT2D eigenvalue weighted by molar-refractivity contribution is 5.44. The maximum atomic E-state index is 13.9. The van der Waals surface area contributed by atoms with Crippen molar-refractivity contribution in [1.82, 2.24) is 0 Å². The molecule has 0 amide bonds. The highest BCUT2D eigenvalue weighted by Gasteiger charge is 2.41. The number of ether oxygens (including phenoxy) is 2. The van der Waals surface area contributed by atoms with Crippen LogP contribution in [0.3, 0.4) is 0 Å². The Morgan fingerprint density at radius 1 is 1.33 bits per heavy atom. The summed E-state index contributed by atoms with van der Waals surface area (Å²) in [6.07, 6.45) is 1.79. The molecule has 0 radical (unpaired) electrons. The standard InChI is InChI=1S/C14H19FO3/c1-9(2)18-13-6-10(8-14(16)4-5-14)11(15)7-12(13)17-3/h6-7,9,16H,4-5,8H2,1-3H3. The lowest BCUT2D eigenvalue weighted by Gasteiger charge is -2.16. The van der Waals surface area contributed by atoms with Crippen molar-refractivity contribution < 1.29 is 19.0 Å². The fourth-order valence-electron chi connectivity index (χ4n) is 1.89. The third-order valence-electron chi connectivity index (χ3n) is 3.04. The third kappa shape index (κ3) is 2.93. The van der Waals surface area contributed by atoms with Crippen LogP contribution in [0.1, 0.15) is 32.3 Å². The molecule has 0 atom stereocenters. The van der Waals surface area contributed by atoms with E-state index in [1.807, 2.05) is 13.8 Å². The normalized spacial score (nSPS) is 16.8. The molecule has 0 aromatic heterocycles. The van der Waals surface area contributed by atoms with Gasteiger partial charge >= 0.3 is 0 Å². The van der Waals surface area contributed by atoms with Gasteiger partial charge in [0, 0.05) is 12.5 Å². The molecule has 18 heavy (non-hydrogen) atoms. The number of halogens is 1. The fraction of sp³-hybridized carbons (Fsp3) is 0.571. The number of hydrogen-bond acceptors (Lipinski definition) is 3. The van der Waals surface area contributed by atoms with Crippen molar-refractivity contribution in [2.45, 2.75) is 44.8 Å². The molecule has 4 heteroatoms. The van der Waals surface area contributed by atoms with Crippen molar-refractivity contribution in [3.63, 3.8) is 0 Å². The quantitative estimate of drug-likeness (QED) is 0.878. The van der Waals surface area contributed by atoms with E-state index >= 15 is 0 Å². The van der Waals surface area contributed by atoms with Crippen molar-refractivity contribution in [2.24, 2.45) is 0 Å². The van der Waals surface area contributed by atoms with Crippen molar-refractivity contribution in [1.29, 1.82) is 0 Å². The Morgan fingerprint density at radius 2 is 2.00 bits per heavy atom. The second kappa shape index (κ2) is 4.76. The smallest absolute Gasteiger partial charge is 0.163 e. The van der Waals surface area contributed by atoms with E-state index in [0.717, 1.165) is 12.8 Å². The molecule has 1 N–H and O–H groups in total. The molecule has 1 aromatic carbocycles. The minimum atomic E-state index is -0.718. The van der Waals surface area contributed by atoms with Gasteiger partial charge in [-0.2, -0.15) is 0 Å². The summed E-state index contributed by atoms with van der Waals surface area (Å²) in [5.74, 6) is 0.546. The lowest BCUT2D eigenvalue weighted by molar-refractivity contribution is 0.149. The zero-order valence-electron chi connectivity index (χ0n) is 11.0. The van der Waals surface area contributed by atoms with Crippen LogP contribution in [0.15, 0.2) is 12.1 Å². The molecule has 1 aromatic rings. The molecule has 100 valence electrons. The van der Waals surface area contributed by atoms with E-state index in [-0.39, 0.29) is 11.9 Å². The van der Waals surface area contributed by atoms with Crippen LogP contribution in [0.4, 0.5) is 4.39 Å². The van der Waals surface area contributed by atoms with E-state index in [9.17, 15) is 9.50 Å². The number of rotatable bonds is 5. The predicted octanol–water partition coefficient (Wildman–Crippen LogP) is 2.69. The number of aliphatic hydroxyl groups is 1. The van der Waals surface area contributed by atoms with Gasteiger partial charge in [-0.1, -0.05) is 0 Å². The monoisotopic (exact) mass is 254 g/mol. The highest BCUT2D eigenvalue weighted by Crippen LogP contribution is 2.40. The maximum Gasteiger partial charge on any atom is 0.163 e. The van der Waals surface area contributed by atoms with E-state index in [2.05, 4.69) is 0 Å². The molecular formula is C14H19FO3. The van der Waals surface area contributed by atoms with E-state index in [4.69, 9.17) is 9.47 Å². The topological polar surface area (TPSA) is 38.7 Å². The molecule has 0 bridgehead atoms. The van der Waals surface area contributed by atoms with Crippen LogP contribution in [-0.4, -0.2) is 23.9 Å². The van der Waals surface area contributed by atoms with Crippen molar-refractivity contribution in [3.05, 3.63) is 23.5 Å². The Morgan fingerprint density at radius 3 is 2.50 bits per heavy atom. The average Bonchev–Trinajstić information content (AvgIpc) is 3.00. The average molecular weight is 254 g/mol. The van der Waals surface area contributed by atoms with Crippen LogP contribution < -0.4 is 9.47 Å². The number of hydrogen-bond donors (Lipinski definition) is 1. The van der Waals surface area contributed by atoms with Gasteiger partial charge in [0.1, 0.15) is 5.82 Å². The highest BCUT2D eigenvalue weighted by atomic mass is 19.1. The number of benzene rings is 1. The first-order valence-corrected chi connectivity index (χ1v) is 6.19. The summed E-state index contributed by atoms with van der Waals surface area (Å²) in [6, 6.07) is 2.95. The summed E-state index contributed by atoms with van der Waals surface area (Å²) < 4.78 is 24.6. The molecule has 0 saturated heterocycles. The van der Waals surface area contributed by atoms with Gasteiger partial charge in [-0.3, -0.25) is 0 Å². The fourth-order valence-corrected chi connectivity index (χ4v) is 1.89. The second-order valence-electron chi connectivity index (χ2n) is 5.16. The van der Waals surface area contributed by atoms with Gasteiger partial charge in [-0.05, 0) is 38.3 Å².